The second-order valence-electron chi connectivity index (χ2n) is 4.08. The molecule has 0 aromatic heterocycles. The summed E-state index contributed by atoms with van der Waals surface area (Å²) in [5, 5.41) is 0. The van der Waals surface area contributed by atoms with Gasteiger partial charge in [0.2, 0.25) is 0 Å². The summed E-state index contributed by atoms with van der Waals surface area (Å²) in [6.07, 6.45) is 1.42. The highest BCUT2D eigenvalue weighted by molar-refractivity contribution is 5.83. The summed E-state index contributed by atoms with van der Waals surface area (Å²) in [4.78, 5) is 11.0. The van der Waals surface area contributed by atoms with E-state index in [1.807, 2.05) is 20.8 Å². The maximum Gasteiger partial charge on any atom is 0.331 e. The molecular weight excluding hydrogens is 176 g/mol. The van der Waals surface area contributed by atoms with Crippen LogP contribution in [0, 0.1) is 17.3 Å². The largest absolute Gasteiger partial charge is 0.463 e. The lowest BCUT2D eigenvalue weighted by atomic mass is 9.97. The molecule has 78 valence electrons. The van der Waals surface area contributed by atoms with E-state index < -0.39 is 0 Å². The van der Waals surface area contributed by atoms with Crippen LogP contribution in [0.1, 0.15) is 34.6 Å². The summed E-state index contributed by atoms with van der Waals surface area (Å²) in [5.74, 6) is 5.64. The van der Waals surface area contributed by atoms with Crippen LogP contribution in [0.2, 0.25) is 0 Å². The highest BCUT2D eigenvalue weighted by Gasteiger charge is 2.03. The van der Waals surface area contributed by atoms with E-state index >= 15 is 0 Å². The third-order valence-corrected chi connectivity index (χ3v) is 1.26. The molecule has 0 saturated carbocycles. The molecule has 2 nitrogen and oxygen atoms in total. The first-order valence-corrected chi connectivity index (χ1v) is 4.73. The Morgan fingerprint density at radius 3 is 2.43 bits per heavy atom. The molecule has 0 amide bonds. The first kappa shape index (κ1) is 12.8. The van der Waals surface area contributed by atoms with E-state index in [0.717, 1.165) is 5.57 Å². The highest BCUT2D eigenvalue weighted by atomic mass is 16.5. The van der Waals surface area contributed by atoms with Crippen LogP contribution < -0.4 is 0 Å². The number of carbonyl (C=O) groups excluding carboxylic acids is 1. The zero-order chi connectivity index (χ0) is 11.2. The molecule has 0 aliphatic carbocycles. The molecule has 0 atom stereocenters. The van der Waals surface area contributed by atoms with Gasteiger partial charge in [-0.2, -0.15) is 0 Å². The average Bonchev–Trinajstić information content (AvgIpc) is 2.00. The molecule has 0 unspecified atom stereocenters. The fourth-order valence-electron chi connectivity index (χ4n) is 0.683. The third kappa shape index (κ3) is 7.42. The Morgan fingerprint density at radius 2 is 2.00 bits per heavy atom. The molecule has 0 radical (unpaired) electrons. The van der Waals surface area contributed by atoms with Gasteiger partial charge >= 0.3 is 5.97 Å². The van der Waals surface area contributed by atoms with Gasteiger partial charge in [-0.15, -0.1) is 0 Å². The molecule has 0 aromatic carbocycles. The molecule has 0 aromatic rings. The van der Waals surface area contributed by atoms with Gasteiger partial charge in [0.1, 0.15) is 0 Å². The number of hydrogen-bond acceptors (Lipinski definition) is 2. The number of hydrogen-bond donors (Lipinski definition) is 0. The second kappa shape index (κ2) is 5.49. The van der Waals surface area contributed by atoms with Crippen LogP contribution >= 0.6 is 0 Å². The van der Waals surface area contributed by atoms with Crippen LogP contribution in [0.3, 0.4) is 0 Å². The Bertz CT molecular complexity index is 282. The Kier molecular flexibility index (Phi) is 5.01. The first-order chi connectivity index (χ1) is 6.35. The number of allylic oxidation sites excluding steroid dienone is 1. The average molecular weight is 194 g/mol. The zero-order valence-corrected chi connectivity index (χ0v) is 9.60. The minimum Gasteiger partial charge on any atom is -0.463 e. The Morgan fingerprint density at radius 1 is 1.43 bits per heavy atom. The number of ether oxygens (including phenoxy) is 1. The normalized spacial score (nSPS) is 11.6. The second-order valence-corrected chi connectivity index (χ2v) is 4.08. The van der Waals surface area contributed by atoms with Crippen LogP contribution in [0.25, 0.3) is 0 Å². The maximum absolute atomic E-state index is 11.0. The minimum atomic E-state index is -0.326. The minimum absolute atomic E-state index is 0.0379. The summed E-state index contributed by atoms with van der Waals surface area (Å²) < 4.78 is 4.76. The molecule has 0 fully saturated rings. The summed E-state index contributed by atoms with van der Waals surface area (Å²) in [6.45, 7) is 10.1. The first-order valence-electron chi connectivity index (χ1n) is 4.73. The van der Waals surface area contributed by atoms with E-state index in [4.69, 9.17) is 4.74 Å². The van der Waals surface area contributed by atoms with Crippen molar-refractivity contribution in [1.29, 1.82) is 0 Å². The van der Waals surface area contributed by atoms with Gasteiger partial charge < -0.3 is 4.74 Å². The van der Waals surface area contributed by atoms with E-state index in [1.54, 1.807) is 13.8 Å². The Balaban J connectivity index is 4.38. The predicted octanol–water partition coefficient (Wildman–Crippen LogP) is 2.55. The summed E-state index contributed by atoms with van der Waals surface area (Å²) in [7, 11) is 0. The van der Waals surface area contributed by atoms with Crippen molar-refractivity contribution < 1.29 is 9.53 Å². The van der Waals surface area contributed by atoms with E-state index in [0.29, 0.717) is 6.61 Å². The molecule has 0 spiro atoms. The van der Waals surface area contributed by atoms with Crippen LogP contribution in [-0.2, 0) is 9.53 Å². The van der Waals surface area contributed by atoms with Crippen molar-refractivity contribution in [3.8, 4) is 11.8 Å². The number of rotatable bonds is 2. The molecule has 0 rings (SSSR count). The molecule has 0 N–H and O–H groups in total. The van der Waals surface area contributed by atoms with Gasteiger partial charge in [-0.25, -0.2) is 4.79 Å². The topological polar surface area (TPSA) is 26.3 Å². The van der Waals surface area contributed by atoms with Crippen LogP contribution in [0.5, 0.6) is 0 Å². The molecule has 2 heteroatoms. The zero-order valence-electron chi connectivity index (χ0n) is 9.60. The SMILES string of the molecule is CCOC(=O)/C=C(\C)C#CC(C)(C)C. The van der Waals surface area contributed by atoms with Gasteiger partial charge in [0.25, 0.3) is 0 Å². The Labute approximate surface area is 86.3 Å². The Hall–Kier alpha value is -1.23. The van der Waals surface area contributed by atoms with Gasteiger partial charge in [0, 0.05) is 17.1 Å². The predicted molar refractivity (Wildman–Crippen MR) is 57.6 cm³/mol. The highest BCUT2D eigenvalue weighted by Crippen LogP contribution is 2.10. The fraction of sp³-hybridized carbons (Fsp3) is 0.583. The standard InChI is InChI=1S/C12H18O2/c1-6-14-11(13)9-10(2)7-8-12(3,4)5/h9H,6H2,1-5H3/b10-9+. The van der Waals surface area contributed by atoms with Crippen LogP contribution in [0.4, 0.5) is 0 Å². The molecule has 0 saturated heterocycles. The maximum atomic E-state index is 11.0. The van der Waals surface area contributed by atoms with E-state index in [1.165, 1.54) is 6.08 Å². The van der Waals surface area contributed by atoms with Gasteiger partial charge in [-0.05, 0) is 34.6 Å². The van der Waals surface area contributed by atoms with Crippen molar-refractivity contribution in [3.05, 3.63) is 11.6 Å². The molecule has 0 aliphatic heterocycles. The molecule has 0 heterocycles. The molecule has 14 heavy (non-hydrogen) atoms. The van der Waals surface area contributed by atoms with Crippen molar-refractivity contribution in [1.82, 2.24) is 0 Å². The number of carbonyl (C=O) groups is 1. The fourth-order valence-corrected chi connectivity index (χ4v) is 0.683. The van der Waals surface area contributed by atoms with Crippen molar-refractivity contribution in [2.45, 2.75) is 34.6 Å². The monoisotopic (exact) mass is 194 g/mol. The third-order valence-electron chi connectivity index (χ3n) is 1.26. The molecule has 0 aliphatic rings. The molecular formula is C12H18O2. The van der Waals surface area contributed by atoms with Gasteiger partial charge in [-0.3, -0.25) is 0 Å². The van der Waals surface area contributed by atoms with E-state index in [-0.39, 0.29) is 11.4 Å². The molecule has 0 bridgehead atoms. The number of esters is 1. The summed E-state index contributed by atoms with van der Waals surface area (Å²) in [5.41, 5.74) is 0.697. The lowest BCUT2D eigenvalue weighted by Crippen LogP contribution is -2.01. The van der Waals surface area contributed by atoms with Crippen LogP contribution in [0.15, 0.2) is 11.6 Å². The van der Waals surface area contributed by atoms with Crippen molar-refractivity contribution >= 4 is 5.97 Å². The van der Waals surface area contributed by atoms with Gasteiger partial charge in [0.05, 0.1) is 6.61 Å². The summed E-state index contributed by atoms with van der Waals surface area (Å²) in [6, 6.07) is 0. The quantitative estimate of drug-likeness (QED) is 0.383. The van der Waals surface area contributed by atoms with Crippen LogP contribution in [-0.4, -0.2) is 12.6 Å². The van der Waals surface area contributed by atoms with Crippen molar-refractivity contribution in [2.24, 2.45) is 5.41 Å². The van der Waals surface area contributed by atoms with E-state index in [2.05, 4.69) is 11.8 Å². The smallest absolute Gasteiger partial charge is 0.331 e. The van der Waals surface area contributed by atoms with Crippen molar-refractivity contribution in [3.63, 3.8) is 0 Å². The van der Waals surface area contributed by atoms with Gasteiger partial charge in [0.15, 0.2) is 0 Å². The summed E-state index contributed by atoms with van der Waals surface area (Å²) >= 11 is 0. The van der Waals surface area contributed by atoms with E-state index in [9.17, 15) is 4.79 Å². The lowest BCUT2D eigenvalue weighted by Gasteiger charge is -2.06. The lowest BCUT2D eigenvalue weighted by molar-refractivity contribution is -0.137. The van der Waals surface area contributed by atoms with Gasteiger partial charge in [-0.1, -0.05) is 11.8 Å². The van der Waals surface area contributed by atoms with Crippen molar-refractivity contribution in [2.75, 3.05) is 6.61 Å².